The molecule has 0 bridgehead atoms. The second kappa shape index (κ2) is 15.9. The standard InChI is InChI=1S/C26H32N2O16S/c1-10(29)39-7-16-9-45-25-18(24(36)28(25)19(16)26(37)38)27-23(35)22(44-15(6)34)21(43-14(5)33)20(42-13(4)32)17(41-12(3)31)8-40-11(2)30/h17-18,20-22,25H,7-9H2,1-6H3,(H,27,35)(H,37,38). The van der Waals surface area contributed by atoms with Gasteiger partial charge in [-0.25, -0.2) is 4.79 Å². The summed E-state index contributed by atoms with van der Waals surface area (Å²) in [5.74, 6) is -9.25. The lowest BCUT2D eigenvalue weighted by Crippen LogP contribution is -2.72. The highest BCUT2D eigenvalue weighted by Gasteiger charge is 2.56. The molecule has 0 aromatic rings. The molecule has 2 heterocycles. The number of fused-ring (bicyclic) bond motifs is 1. The van der Waals surface area contributed by atoms with Crippen LogP contribution in [0.25, 0.3) is 0 Å². The first-order valence-corrected chi connectivity index (χ1v) is 14.1. The number of carbonyl (C=O) groups excluding carboxylic acids is 8. The van der Waals surface area contributed by atoms with Crippen molar-refractivity contribution >= 4 is 65.4 Å². The van der Waals surface area contributed by atoms with E-state index in [-0.39, 0.29) is 17.9 Å². The first-order valence-electron chi connectivity index (χ1n) is 13.1. The molecule has 0 radical (unpaired) electrons. The highest BCUT2D eigenvalue weighted by molar-refractivity contribution is 8.00. The maximum atomic E-state index is 13.6. The van der Waals surface area contributed by atoms with Crippen molar-refractivity contribution in [1.29, 1.82) is 0 Å². The number of hydrogen-bond acceptors (Lipinski definition) is 16. The van der Waals surface area contributed by atoms with E-state index in [1.54, 1.807) is 0 Å². The molecule has 2 rings (SSSR count). The molecular formula is C26H32N2O16S. The number of nitrogens with zero attached hydrogens (tertiary/aromatic N) is 1. The van der Waals surface area contributed by atoms with Gasteiger partial charge in [0.05, 0.1) is 0 Å². The van der Waals surface area contributed by atoms with Gasteiger partial charge in [0.25, 0.3) is 11.8 Å². The van der Waals surface area contributed by atoms with E-state index in [1.807, 2.05) is 0 Å². The van der Waals surface area contributed by atoms with E-state index in [1.165, 1.54) is 0 Å². The third kappa shape index (κ3) is 9.91. The molecule has 6 atom stereocenters. The Morgan fingerprint density at radius 3 is 1.82 bits per heavy atom. The lowest BCUT2D eigenvalue weighted by Gasteiger charge is -2.49. The van der Waals surface area contributed by atoms with Crippen LogP contribution in [0.1, 0.15) is 41.5 Å². The smallest absolute Gasteiger partial charge is 0.352 e. The van der Waals surface area contributed by atoms with Crippen molar-refractivity contribution in [3.63, 3.8) is 0 Å². The summed E-state index contributed by atoms with van der Waals surface area (Å²) in [5.41, 5.74) is -0.298. The summed E-state index contributed by atoms with van der Waals surface area (Å²) in [7, 11) is 0. The Morgan fingerprint density at radius 2 is 1.33 bits per heavy atom. The Kier molecular flexibility index (Phi) is 12.9. The van der Waals surface area contributed by atoms with Crippen molar-refractivity contribution in [1.82, 2.24) is 10.2 Å². The van der Waals surface area contributed by atoms with Crippen LogP contribution in [0.4, 0.5) is 0 Å². The predicted octanol–water partition coefficient (Wildman–Crippen LogP) is -1.42. The number of carboxylic acids is 1. The van der Waals surface area contributed by atoms with E-state index in [9.17, 15) is 48.3 Å². The Morgan fingerprint density at radius 1 is 0.800 bits per heavy atom. The van der Waals surface area contributed by atoms with Crippen LogP contribution in [0.5, 0.6) is 0 Å². The highest BCUT2D eigenvalue weighted by atomic mass is 32.2. The molecule has 0 aromatic carbocycles. The van der Waals surface area contributed by atoms with E-state index in [0.717, 1.165) is 58.2 Å². The van der Waals surface area contributed by atoms with E-state index >= 15 is 0 Å². The third-order valence-electron chi connectivity index (χ3n) is 5.91. The molecular weight excluding hydrogens is 628 g/mol. The van der Waals surface area contributed by atoms with Gasteiger partial charge in [-0.3, -0.25) is 43.3 Å². The quantitative estimate of drug-likeness (QED) is 0.123. The number of ether oxygens (including phenoxy) is 6. The van der Waals surface area contributed by atoms with Gasteiger partial charge in [0.15, 0.2) is 18.3 Å². The zero-order valence-corrected chi connectivity index (χ0v) is 25.8. The molecule has 45 heavy (non-hydrogen) atoms. The van der Waals surface area contributed by atoms with Crippen molar-refractivity contribution < 1.29 is 76.7 Å². The van der Waals surface area contributed by atoms with Gasteiger partial charge in [-0.05, 0) is 0 Å². The third-order valence-corrected chi connectivity index (χ3v) is 7.25. The molecule has 2 aliphatic heterocycles. The monoisotopic (exact) mass is 660 g/mol. The van der Waals surface area contributed by atoms with Gasteiger partial charge >= 0.3 is 41.8 Å². The van der Waals surface area contributed by atoms with Crippen molar-refractivity contribution in [3.05, 3.63) is 11.3 Å². The maximum absolute atomic E-state index is 13.6. The minimum Gasteiger partial charge on any atom is -0.477 e. The van der Waals surface area contributed by atoms with Crippen molar-refractivity contribution in [2.24, 2.45) is 0 Å². The van der Waals surface area contributed by atoms with Crippen LogP contribution >= 0.6 is 11.8 Å². The van der Waals surface area contributed by atoms with Gasteiger partial charge in [0, 0.05) is 52.9 Å². The molecule has 1 saturated heterocycles. The number of rotatable bonds is 14. The van der Waals surface area contributed by atoms with Crippen LogP contribution in [0.3, 0.4) is 0 Å². The molecule has 0 spiro atoms. The van der Waals surface area contributed by atoms with Crippen LogP contribution in [0, 0.1) is 0 Å². The molecule has 0 aliphatic carbocycles. The predicted molar refractivity (Wildman–Crippen MR) is 145 cm³/mol. The minimum absolute atomic E-state index is 0.00785. The number of β-lactam (4-membered cyclic amide) rings is 1. The van der Waals surface area contributed by atoms with Crippen LogP contribution < -0.4 is 5.32 Å². The molecule has 1 fully saturated rings. The van der Waals surface area contributed by atoms with Gasteiger partial charge in [0.2, 0.25) is 6.10 Å². The summed E-state index contributed by atoms with van der Waals surface area (Å²) in [4.78, 5) is 110. The Bertz CT molecular complexity index is 1300. The number of thioether (sulfide) groups is 1. The van der Waals surface area contributed by atoms with Crippen molar-refractivity contribution in [2.45, 2.75) is 77.4 Å². The Labute approximate surface area is 260 Å². The van der Waals surface area contributed by atoms with Crippen LogP contribution in [0.15, 0.2) is 11.3 Å². The summed E-state index contributed by atoms with van der Waals surface area (Å²) in [5, 5.41) is 11.1. The number of nitrogens with one attached hydrogen (secondary N) is 1. The molecule has 6 unspecified atom stereocenters. The number of aliphatic carboxylic acids is 1. The lowest BCUT2D eigenvalue weighted by atomic mass is 9.99. The van der Waals surface area contributed by atoms with Crippen LogP contribution in [-0.2, 0) is 71.6 Å². The largest absolute Gasteiger partial charge is 0.477 e. The van der Waals surface area contributed by atoms with Crippen LogP contribution in [0.2, 0.25) is 0 Å². The van der Waals surface area contributed by atoms with E-state index in [2.05, 4.69) is 5.32 Å². The van der Waals surface area contributed by atoms with Gasteiger partial charge < -0.3 is 38.8 Å². The van der Waals surface area contributed by atoms with Gasteiger partial charge in [-0.2, -0.15) is 0 Å². The average molecular weight is 661 g/mol. The van der Waals surface area contributed by atoms with E-state index < -0.39 is 102 Å². The van der Waals surface area contributed by atoms with E-state index in [0.29, 0.717) is 0 Å². The average Bonchev–Trinajstić information content (AvgIpc) is 2.91. The fourth-order valence-corrected chi connectivity index (χ4v) is 5.64. The van der Waals surface area contributed by atoms with Gasteiger partial charge in [-0.1, -0.05) is 0 Å². The van der Waals surface area contributed by atoms with Crippen LogP contribution in [-0.4, -0.2) is 118 Å². The van der Waals surface area contributed by atoms with Gasteiger partial charge in [0.1, 0.15) is 30.3 Å². The van der Waals surface area contributed by atoms with Crippen molar-refractivity contribution in [3.8, 4) is 0 Å². The number of hydrogen-bond donors (Lipinski definition) is 2. The number of esters is 6. The Hall–Kier alpha value is -4.68. The second-order valence-electron chi connectivity index (χ2n) is 9.56. The molecule has 19 heteroatoms. The minimum atomic E-state index is -2.14. The summed E-state index contributed by atoms with van der Waals surface area (Å²) in [6, 6.07) is -1.37. The fourth-order valence-electron chi connectivity index (χ4n) is 4.31. The topological polar surface area (TPSA) is 245 Å². The summed E-state index contributed by atoms with van der Waals surface area (Å²) < 4.78 is 30.5. The SMILES string of the molecule is CC(=O)OCC1=C(C(=O)O)N2C(=O)C(NC(=O)C(OC(C)=O)C(OC(C)=O)C(OC(C)=O)C(COC(C)=O)OC(C)=O)C2SC1. The maximum Gasteiger partial charge on any atom is 0.352 e. The second-order valence-corrected chi connectivity index (χ2v) is 10.7. The normalized spacial score (nSPS) is 19.7. The fraction of sp³-hybridized carbons (Fsp3) is 0.577. The van der Waals surface area contributed by atoms with E-state index in [4.69, 9.17) is 28.4 Å². The molecule has 2 amide bonds. The number of carboxylic acid groups (broad SMARTS) is 1. The molecule has 2 N–H and O–H groups in total. The molecule has 2 aliphatic rings. The summed E-state index contributed by atoms with van der Waals surface area (Å²) in [6.45, 7) is 4.73. The summed E-state index contributed by atoms with van der Waals surface area (Å²) in [6.07, 6.45) is -7.74. The highest BCUT2D eigenvalue weighted by Crippen LogP contribution is 2.40. The zero-order valence-electron chi connectivity index (χ0n) is 25.0. The Balaban J connectivity index is 2.47. The number of amides is 2. The van der Waals surface area contributed by atoms with Crippen molar-refractivity contribution in [2.75, 3.05) is 19.0 Å². The molecule has 18 nitrogen and oxygen atoms in total. The lowest BCUT2D eigenvalue weighted by molar-refractivity contribution is -0.203. The first-order chi connectivity index (χ1) is 20.9. The zero-order chi connectivity index (χ0) is 34.2. The van der Waals surface area contributed by atoms with Gasteiger partial charge in [-0.15, -0.1) is 11.8 Å². The summed E-state index contributed by atoms with van der Waals surface area (Å²) >= 11 is 1.04. The first kappa shape index (κ1) is 36.5. The molecule has 0 aromatic heterocycles. The number of carbonyl (C=O) groups is 9. The molecule has 248 valence electrons. The molecule has 0 saturated carbocycles.